The first-order valence-electron chi connectivity index (χ1n) is 11.1. The van der Waals surface area contributed by atoms with Crippen LogP contribution in [0.15, 0.2) is 29.2 Å². The fourth-order valence-corrected chi connectivity index (χ4v) is 5.36. The number of alkyl halides is 3. The third kappa shape index (κ3) is 7.48. The number of likely N-dealkylation sites (N-methyl/N-ethyl adjacent to an activating group) is 1. The van der Waals surface area contributed by atoms with Gasteiger partial charge in [0.15, 0.2) is 0 Å². The van der Waals surface area contributed by atoms with Crippen LogP contribution in [0.25, 0.3) is 0 Å². The summed E-state index contributed by atoms with van der Waals surface area (Å²) in [4.78, 5) is 2.05. The summed E-state index contributed by atoms with van der Waals surface area (Å²) < 4.78 is 65.2. The summed E-state index contributed by atoms with van der Waals surface area (Å²) in [6, 6.07) is 3.46. The summed E-state index contributed by atoms with van der Waals surface area (Å²) in [7, 11) is -2.36. The van der Waals surface area contributed by atoms with Crippen LogP contribution >= 0.6 is 0 Å². The van der Waals surface area contributed by atoms with Crippen LogP contribution in [-0.4, -0.2) is 62.1 Å². The first-order valence-corrected chi connectivity index (χ1v) is 12.5. The lowest BCUT2D eigenvalue weighted by Gasteiger charge is -2.32. The minimum absolute atomic E-state index is 0.128. The lowest BCUT2D eigenvalue weighted by molar-refractivity contribution is -0.137. The minimum Gasteiger partial charge on any atom is -0.395 e. The van der Waals surface area contributed by atoms with E-state index in [-0.39, 0.29) is 23.5 Å². The Morgan fingerprint density at radius 1 is 1.09 bits per heavy atom. The second-order valence-corrected chi connectivity index (χ2v) is 10.1. The quantitative estimate of drug-likeness (QED) is 0.435. The van der Waals surface area contributed by atoms with Crippen molar-refractivity contribution >= 4 is 10.0 Å². The van der Waals surface area contributed by atoms with E-state index in [0.717, 1.165) is 63.0 Å². The maximum Gasteiger partial charge on any atom is 0.416 e. The highest BCUT2D eigenvalue weighted by Gasteiger charge is 2.33. The van der Waals surface area contributed by atoms with Crippen molar-refractivity contribution in [1.82, 2.24) is 9.21 Å². The van der Waals surface area contributed by atoms with Crippen LogP contribution in [0.3, 0.4) is 0 Å². The molecule has 0 saturated heterocycles. The van der Waals surface area contributed by atoms with Crippen LogP contribution in [0.5, 0.6) is 0 Å². The molecule has 0 aromatic heterocycles. The molecule has 180 valence electrons. The van der Waals surface area contributed by atoms with Crippen LogP contribution < -0.4 is 0 Å². The lowest BCUT2D eigenvalue weighted by atomic mass is 9.86. The Bertz CT molecular complexity index is 868. The van der Waals surface area contributed by atoms with Gasteiger partial charge >= 0.3 is 6.18 Å². The third-order valence-electron chi connectivity index (χ3n) is 6.02. The van der Waals surface area contributed by atoms with Crippen molar-refractivity contribution in [2.75, 3.05) is 33.3 Å². The second-order valence-electron chi connectivity index (χ2n) is 8.13. The van der Waals surface area contributed by atoms with E-state index in [2.05, 4.69) is 23.7 Å². The summed E-state index contributed by atoms with van der Waals surface area (Å²) in [6.45, 7) is 4.71. The van der Waals surface area contributed by atoms with E-state index in [1.807, 2.05) is 0 Å². The molecule has 1 fully saturated rings. The molecule has 9 heteroatoms. The van der Waals surface area contributed by atoms with Gasteiger partial charge in [0.25, 0.3) is 0 Å². The van der Waals surface area contributed by atoms with E-state index >= 15 is 0 Å². The Hall–Kier alpha value is -1.60. The molecule has 0 spiro atoms. The van der Waals surface area contributed by atoms with Gasteiger partial charge < -0.3 is 10.0 Å². The van der Waals surface area contributed by atoms with E-state index in [0.29, 0.717) is 19.4 Å². The summed E-state index contributed by atoms with van der Waals surface area (Å²) in [5.41, 5.74) is -0.867. The third-order valence-corrected chi connectivity index (χ3v) is 7.94. The van der Waals surface area contributed by atoms with Crippen molar-refractivity contribution in [2.45, 2.75) is 62.6 Å². The van der Waals surface area contributed by atoms with Crippen LogP contribution in [0.1, 0.15) is 51.0 Å². The number of benzene rings is 1. The van der Waals surface area contributed by atoms with E-state index in [4.69, 9.17) is 5.11 Å². The highest BCUT2D eigenvalue weighted by Crippen LogP contribution is 2.32. The number of aliphatic hydroxyl groups is 1. The van der Waals surface area contributed by atoms with E-state index < -0.39 is 21.8 Å². The van der Waals surface area contributed by atoms with Gasteiger partial charge in [0.1, 0.15) is 0 Å². The van der Waals surface area contributed by atoms with Crippen molar-refractivity contribution in [3.63, 3.8) is 0 Å². The number of nitrogens with zero attached hydrogens (tertiary/aromatic N) is 2. The molecule has 0 bridgehead atoms. The molecule has 0 aliphatic heterocycles. The molecule has 0 radical (unpaired) electrons. The van der Waals surface area contributed by atoms with E-state index in [1.54, 1.807) is 0 Å². The highest BCUT2D eigenvalue weighted by molar-refractivity contribution is 7.89. The zero-order chi connectivity index (χ0) is 23.8. The zero-order valence-electron chi connectivity index (χ0n) is 18.7. The Balaban J connectivity index is 1.85. The van der Waals surface area contributed by atoms with E-state index in [9.17, 15) is 21.6 Å². The zero-order valence-corrected chi connectivity index (χ0v) is 19.6. The summed E-state index contributed by atoms with van der Waals surface area (Å²) in [5.74, 6) is 6.78. The molecule has 1 aromatic rings. The normalized spacial score (nSPS) is 19.8. The second kappa shape index (κ2) is 12.0. The number of rotatable bonds is 9. The van der Waals surface area contributed by atoms with E-state index in [1.165, 1.54) is 11.4 Å². The minimum atomic E-state index is -4.50. The first kappa shape index (κ1) is 26.7. The summed E-state index contributed by atoms with van der Waals surface area (Å²) >= 11 is 0. The fourth-order valence-electron chi connectivity index (χ4n) is 3.94. The molecule has 32 heavy (non-hydrogen) atoms. The molecular formula is C23H33F3N2O3S. The molecule has 1 aliphatic carbocycles. The maximum atomic E-state index is 12.8. The van der Waals surface area contributed by atoms with Crippen LogP contribution in [-0.2, 0) is 16.2 Å². The van der Waals surface area contributed by atoms with Crippen LogP contribution in [0, 0.1) is 17.8 Å². The van der Waals surface area contributed by atoms with Gasteiger partial charge in [-0.25, -0.2) is 8.42 Å². The molecule has 0 heterocycles. The van der Waals surface area contributed by atoms with Gasteiger partial charge in [-0.1, -0.05) is 12.8 Å². The molecule has 1 aliphatic rings. The Morgan fingerprint density at radius 3 is 2.25 bits per heavy atom. The number of aliphatic hydroxyl groups excluding tert-OH is 1. The van der Waals surface area contributed by atoms with Gasteiger partial charge in [-0.15, -0.1) is 5.92 Å². The predicted molar refractivity (Wildman–Crippen MR) is 118 cm³/mol. The van der Waals surface area contributed by atoms with Crippen molar-refractivity contribution in [1.29, 1.82) is 0 Å². The number of hydrogen-bond donors (Lipinski definition) is 1. The molecule has 0 unspecified atom stereocenters. The topological polar surface area (TPSA) is 60.9 Å². The standard InChI is InChI=1S/C23H33F3N2O3S/c1-3-28(17-18-29)16-6-4-5-7-19-8-12-21(13-9-19)27(2)32(30,31)22-14-10-20(11-15-22)23(24,25)26/h10-11,14-15,19,21,29H,3-4,6,8-9,12-13,16-18H2,1-2H3. The van der Waals surface area contributed by atoms with Crippen molar-refractivity contribution in [3.05, 3.63) is 29.8 Å². The van der Waals surface area contributed by atoms with Gasteiger partial charge in [0.05, 0.1) is 17.1 Å². The molecule has 0 amide bonds. The number of unbranched alkanes of at least 4 members (excludes halogenated alkanes) is 1. The SMILES string of the molecule is CCN(CCO)CCCC#CC1CCC(N(C)S(=O)(=O)c2ccc(C(F)(F)F)cc2)CC1. The smallest absolute Gasteiger partial charge is 0.395 e. The molecule has 2 rings (SSSR count). The number of halogens is 3. The van der Waals surface area contributed by atoms with Crippen molar-refractivity contribution in [2.24, 2.45) is 5.92 Å². The fraction of sp³-hybridized carbons (Fsp3) is 0.652. The van der Waals surface area contributed by atoms with Gasteiger partial charge in [-0.3, -0.25) is 0 Å². The Morgan fingerprint density at radius 2 is 1.72 bits per heavy atom. The Labute approximate surface area is 189 Å². The summed E-state index contributed by atoms with van der Waals surface area (Å²) in [5, 5.41) is 9.00. The Kier molecular flexibility index (Phi) is 10.0. The maximum absolute atomic E-state index is 12.8. The van der Waals surface area contributed by atoms with Gasteiger partial charge in [-0.2, -0.15) is 17.5 Å². The van der Waals surface area contributed by atoms with Gasteiger partial charge in [-0.05, 0) is 69.5 Å². The summed E-state index contributed by atoms with van der Waals surface area (Å²) in [6.07, 6.45) is 0.203. The molecule has 5 nitrogen and oxygen atoms in total. The highest BCUT2D eigenvalue weighted by atomic mass is 32.2. The van der Waals surface area contributed by atoms with Gasteiger partial charge in [0, 0.05) is 32.0 Å². The van der Waals surface area contributed by atoms with Crippen molar-refractivity contribution < 1.29 is 26.7 Å². The van der Waals surface area contributed by atoms with Crippen molar-refractivity contribution in [3.8, 4) is 11.8 Å². The largest absolute Gasteiger partial charge is 0.416 e. The number of sulfonamides is 1. The lowest BCUT2D eigenvalue weighted by Crippen LogP contribution is -2.39. The molecule has 1 N–H and O–H groups in total. The van der Waals surface area contributed by atoms with Crippen LogP contribution in [0.4, 0.5) is 13.2 Å². The number of hydrogen-bond acceptors (Lipinski definition) is 4. The van der Waals surface area contributed by atoms with Gasteiger partial charge in [0.2, 0.25) is 10.0 Å². The predicted octanol–water partition coefficient (Wildman–Crippen LogP) is 3.98. The average molecular weight is 475 g/mol. The monoisotopic (exact) mass is 474 g/mol. The molecule has 0 atom stereocenters. The molecular weight excluding hydrogens is 441 g/mol. The average Bonchev–Trinajstić information content (AvgIpc) is 2.77. The molecule has 1 aromatic carbocycles. The molecule has 1 saturated carbocycles. The first-order chi connectivity index (χ1) is 15.1. The van der Waals surface area contributed by atoms with Crippen LogP contribution in [0.2, 0.25) is 0 Å².